The van der Waals surface area contributed by atoms with E-state index >= 15 is 0 Å². The van der Waals surface area contributed by atoms with Gasteiger partial charge in [0.15, 0.2) is 0 Å². The first-order chi connectivity index (χ1) is 8.38. The smallest absolute Gasteiger partial charge is 0.241 e. The number of nitrogens with zero attached hydrogens (tertiary/aromatic N) is 1. The molecule has 1 fully saturated rings. The van der Waals surface area contributed by atoms with Gasteiger partial charge in [0.05, 0.1) is 12.2 Å². The Balaban J connectivity index is 2.72. The van der Waals surface area contributed by atoms with Gasteiger partial charge in [-0.25, -0.2) is 0 Å². The fourth-order valence-corrected chi connectivity index (χ4v) is 2.69. The Kier molecular flexibility index (Phi) is 5.64. The van der Waals surface area contributed by atoms with Crippen LogP contribution in [0.2, 0.25) is 0 Å². The third-order valence-corrected chi connectivity index (χ3v) is 3.90. The summed E-state index contributed by atoms with van der Waals surface area (Å²) in [6, 6.07) is 0.371. The summed E-state index contributed by atoms with van der Waals surface area (Å²) in [5, 5.41) is 3.48. The van der Waals surface area contributed by atoms with Gasteiger partial charge < -0.3 is 4.90 Å². The van der Waals surface area contributed by atoms with E-state index < -0.39 is 0 Å². The van der Waals surface area contributed by atoms with E-state index in [1.807, 2.05) is 0 Å². The number of amides is 1. The van der Waals surface area contributed by atoms with Crippen LogP contribution in [-0.2, 0) is 4.79 Å². The summed E-state index contributed by atoms with van der Waals surface area (Å²) in [5.41, 5.74) is 0. The quantitative estimate of drug-likeness (QED) is 0.790. The lowest BCUT2D eigenvalue weighted by Crippen LogP contribution is -2.46. The van der Waals surface area contributed by atoms with Crippen LogP contribution in [0.3, 0.4) is 0 Å². The molecule has 3 atom stereocenters. The number of carbonyl (C=O) groups is 1. The number of hydrogen-bond donors (Lipinski definition) is 1. The molecule has 0 aromatic rings. The lowest BCUT2D eigenvalue weighted by Gasteiger charge is -2.33. The first kappa shape index (κ1) is 15.5. The van der Waals surface area contributed by atoms with Crippen LogP contribution < -0.4 is 5.32 Å². The Morgan fingerprint density at radius 2 is 1.78 bits per heavy atom. The highest BCUT2D eigenvalue weighted by atomic mass is 16.2. The summed E-state index contributed by atoms with van der Waals surface area (Å²) in [7, 11) is 0. The third kappa shape index (κ3) is 3.47. The van der Waals surface area contributed by atoms with Gasteiger partial charge in [-0.2, -0.15) is 0 Å². The van der Waals surface area contributed by atoms with Crippen molar-refractivity contribution in [3.63, 3.8) is 0 Å². The molecule has 0 aromatic carbocycles. The maximum Gasteiger partial charge on any atom is 0.241 e. The molecule has 1 amide bonds. The van der Waals surface area contributed by atoms with Crippen molar-refractivity contribution in [3.05, 3.63) is 0 Å². The summed E-state index contributed by atoms with van der Waals surface area (Å²) in [5.74, 6) is 1.47. The maximum absolute atomic E-state index is 12.4. The molecule has 1 N–H and O–H groups in total. The first-order valence-corrected chi connectivity index (χ1v) is 7.46. The van der Waals surface area contributed by atoms with Gasteiger partial charge in [-0.05, 0) is 38.0 Å². The first-order valence-electron chi connectivity index (χ1n) is 7.46. The van der Waals surface area contributed by atoms with E-state index in [0.717, 1.165) is 12.8 Å². The van der Waals surface area contributed by atoms with Crippen LogP contribution in [-0.4, -0.2) is 29.1 Å². The topological polar surface area (TPSA) is 32.3 Å². The van der Waals surface area contributed by atoms with Crippen molar-refractivity contribution in [2.24, 2.45) is 11.8 Å². The monoisotopic (exact) mass is 254 g/mol. The minimum absolute atomic E-state index is 0.0268. The molecule has 106 valence electrons. The second kappa shape index (κ2) is 6.55. The molecule has 0 spiro atoms. The third-order valence-electron chi connectivity index (χ3n) is 3.90. The summed E-state index contributed by atoms with van der Waals surface area (Å²) >= 11 is 0. The van der Waals surface area contributed by atoms with Crippen molar-refractivity contribution in [1.82, 2.24) is 10.2 Å². The minimum Gasteiger partial charge on any atom is -0.323 e. The number of nitrogens with one attached hydrogen (secondary N) is 1. The zero-order valence-electron chi connectivity index (χ0n) is 12.9. The molecule has 3 heteroatoms. The SMILES string of the molecule is CCC1NC(C(C)C)N(C(C)CCC(C)C)C1=O. The van der Waals surface area contributed by atoms with Crippen molar-refractivity contribution >= 4 is 5.91 Å². The predicted octanol–water partition coefficient (Wildman–Crippen LogP) is 3.00. The predicted molar refractivity (Wildman–Crippen MR) is 76.2 cm³/mol. The molecule has 0 bridgehead atoms. The van der Waals surface area contributed by atoms with Crippen LogP contribution in [0.25, 0.3) is 0 Å². The van der Waals surface area contributed by atoms with Gasteiger partial charge in [0.1, 0.15) is 0 Å². The molecule has 0 saturated carbocycles. The largest absolute Gasteiger partial charge is 0.323 e. The molecule has 1 heterocycles. The summed E-state index contributed by atoms with van der Waals surface area (Å²) in [6.45, 7) is 13.1. The summed E-state index contributed by atoms with van der Waals surface area (Å²) < 4.78 is 0. The molecule has 3 unspecified atom stereocenters. The molecular formula is C15H30N2O. The van der Waals surface area contributed by atoms with Crippen LogP contribution in [0.5, 0.6) is 0 Å². The number of hydrogen-bond acceptors (Lipinski definition) is 2. The number of carbonyl (C=O) groups excluding carboxylic acids is 1. The molecule has 1 aliphatic heterocycles. The second-order valence-electron chi connectivity index (χ2n) is 6.38. The molecule has 1 saturated heterocycles. The summed E-state index contributed by atoms with van der Waals surface area (Å²) in [6.07, 6.45) is 3.39. The van der Waals surface area contributed by atoms with Crippen LogP contribution >= 0.6 is 0 Å². The molecule has 0 aromatic heterocycles. The van der Waals surface area contributed by atoms with E-state index in [-0.39, 0.29) is 12.2 Å². The van der Waals surface area contributed by atoms with Gasteiger partial charge in [-0.1, -0.05) is 34.6 Å². The van der Waals surface area contributed by atoms with E-state index in [9.17, 15) is 4.79 Å². The maximum atomic E-state index is 12.4. The fourth-order valence-electron chi connectivity index (χ4n) is 2.69. The molecule has 1 aliphatic rings. The molecular weight excluding hydrogens is 224 g/mol. The van der Waals surface area contributed by atoms with Crippen LogP contribution in [0.1, 0.15) is 60.8 Å². The van der Waals surface area contributed by atoms with Crippen molar-refractivity contribution < 1.29 is 4.79 Å². The molecule has 0 radical (unpaired) electrons. The van der Waals surface area contributed by atoms with Gasteiger partial charge >= 0.3 is 0 Å². The zero-order chi connectivity index (χ0) is 13.9. The normalized spacial score (nSPS) is 26.4. The average Bonchev–Trinajstić information content (AvgIpc) is 2.63. The van der Waals surface area contributed by atoms with Crippen molar-refractivity contribution in [1.29, 1.82) is 0 Å². The second-order valence-corrected chi connectivity index (χ2v) is 6.38. The summed E-state index contributed by atoms with van der Waals surface area (Å²) in [4.78, 5) is 14.5. The zero-order valence-corrected chi connectivity index (χ0v) is 12.9. The van der Waals surface area contributed by atoms with Gasteiger partial charge in [0.25, 0.3) is 0 Å². The highest BCUT2D eigenvalue weighted by Crippen LogP contribution is 2.24. The number of rotatable bonds is 6. The van der Waals surface area contributed by atoms with Gasteiger partial charge in [-0.15, -0.1) is 0 Å². The molecule has 3 nitrogen and oxygen atoms in total. The molecule has 0 aliphatic carbocycles. The van der Waals surface area contributed by atoms with Gasteiger partial charge in [0.2, 0.25) is 5.91 Å². The van der Waals surface area contributed by atoms with E-state index in [1.54, 1.807) is 0 Å². The highest BCUT2D eigenvalue weighted by Gasteiger charge is 2.41. The van der Waals surface area contributed by atoms with Gasteiger partial charge in [-0.3, -0.25) is 10.1 Å². The molecule has 1 rings (SSSR count). The lowest BCUT2D eigenvalue weighted by molar-refractivity contribution is -0.132. The Hall–Kier alpha value is -0.570. The van der Waals surface area contributed by atoms with Crippen LogP contribution in [0, 0.1) is 11.8 Å². The van der Waals surface area contributed by atoms with Crippen LogP contribution in [0.15, 0.2) is 0 Å². The van der Waals surface area contributed by atoms with E-state index in [4.69, 9.17) is 0 Å². The lowest BCUT2D eigenvalue weighted by atomic mass is 10.0. The van der Waals surface area contributed by atoms with E-state index in [2.05, 4.69) is 51.8 Å². The van der Waals surface area contributed by atoms with E-state index in [1.165, 1.54) is 6.42 Å². The Bertz CT molecular complexity index is 276. The average molecular weight is 254 g/mol. The fraction of sp³-hybridized carbons (Fsp3) is 0.933. The van der Waals surface area contributed by atoms with Crippen molar-refractivity contribution in [2.75, 3.05) is 0 Å². The van der Waals surface area contributed by atoms with Crippen molar-refractivity contribution in [3.8, 4) is 0 Å². The molecule has 18 heavy (non-hydrogen) atoms. The van der Waals surface area contributed by atoms with E-state index in [0.29, 0.717) is 23.8 Å². The minimum atomic E-state index is 0.0268. The highest BCUT2D eigenvalue weighted by molar-refractivity contribution is 5.84. The Morgan fingerprint density at radius 3 is 2.22 bits per heavy atom. The van der Waals surface area contributed by atoms with Crippen molar-refractivity contribution in [2.45, 2.75) is 79.1 Å². The van der Waals surface area contributed by atoms with Crippen LogP contribution in [0.4, 0.5) is 0 Å². The van der Waals surface area contributed by atoms with Gasteiger partial charge in [0, 0.05) is 6.04 Å². The standard InChI is InChI=1S/C15H30N2O/c1-7-13-15(18)17(14(16-13)11(4)5)12(6)9-8-10(2)3/h10-14,16H,7-9H2,1-6H3. The Morgan fingerprint density at radius 1 is 1.17 bits per heavy atom. The Labute approximate surface area is 112 Å².